The number of hydrogen-bond donors (Lipinski definition) is 4. The number of anilines is 1. The second kappa shape index (κ2) is 22.9. The summed E-state index contributed by atoms with van der Waals surface area (Å²) in [4.78, 5) is 4.39. The summed E-state index contributed by atoms with van der Waals surface area (Å²) in [5.74, 6) is 3.87. The molecule has 1 aromatic rings. The highest BCUT2D eigenvalue weighted by Gasteiger charge is 2.15. The first kappa shape index (κ1) is 35.1. The van der Waals surface area contributed by atoms with Crippen LogP contribution in [0.15, 0.2) is 18.3 Å². The summed E-state index contributed by atoms with van der Waals surface area (Å²) in [5.41, 5.74) is 7.24. The van der Waals surface area contributed by atoms with E-state index in [1.165, 1.54) is 32.1 Å². The van der Waals surface area contributed by atoms with Crippen LogP contribution in [-0.2, 0) is 9.47 Å². The van der Waals surface area contributed by atoms with E-state index in [0.29, 0.717) is 36.2 Å². The van der Waals surface area contributed by atoms with E-state index in [0.717, 1.165) is 62.7 Å². The molecule has 9 heteroatoms. The average Bonchev–Trinajstić information content (AvgIpc) is 2.93. The summed E-state index contributed by atoms with van der Waals surface area (Å²) in [6, 6.07) is 2.59. The van der Waals surface area contributed by atoms with Crippen LogP contribution in [0, 0.1) is 18.3 Å². The van der Waals surface area contributed by atoms with E-state index >= 15 is 0 Å². The zero-order valence-corrected chi connectivity index (χ0v) is 25.0. The Labute approximate surface area is 241 Å². The minimum absolute atomic E-state index is 0.261. The van der Waals surface area contributed by atoms with Crippen LogP contribution in [0.4, 0.5) is 10.2 Å². The number of halogens is 2. The van der Waals surface area contributed by atoms with Crippen molar-refractivity contribution in [3.8, 4) is 12.3 Å². The van der Waals surface area contributed by atoms with Crippen molar-refractivity contribution in [2.75, 3.05) is 58.5 Å². The highest BCUT2D eigenvalue weighted by molar-refractivity contribution is 6.32. The van der Waals surface area contributed by atoms with Crippen LogP contribution >= 0.6 is 11.6 Å². The topological polar surface area (TPSA) is 93.5 Å². The molecule has 1 aromatic heterocycles. The molecule has 0 aromatic carbocycles. The summed E-state index contributed by atoms with van der Waals surface area (Å²) >= 11 is 6.22. The Morgan fingerprint density at radius 1 is 1.21 bits per heavy atom. The third-order valence-electron chi connectivity index (χ3n) is 6.76. The number of pyridine rings is 1. The molecule has 222 valence electrons. The van der Waals surface area contributed by atoms with Crippen LogP contribution in [-0.4, -0.2) is 70.3 Å². The zero-order chi connectivity index (χ0) is 28.7. The first-order valence-corrected chi connectivity index (χ1v) is 14.7. The maximum Gasteiger partial charge on any atom is 0.126 e. The lowest BCUT2D eigenvalue weighted by atomic mass is 9.95. The van der Waals surface area contributed by atoms with Crippen molar-refractivity contribution in [3.05, 3.63) is 28.9 Å². The molecule has 1 unspecified atom stereocenters. The second-order valence-corrected chi connectivity index (χ2v) is 10.1. The molecule has 0 amide bonds. The van der Waals surface area contributed by atoms with Gasteiger partial charge in [-0.25, -0.2) is 9.37 Å². The van der Waals surface area contributed by atoms with Crippen molar-refractivity contribution in [2.45, 2.75) is 77.4 Å². The van der Waals surface area contributed by atoms with Crippen molar-refractivity contribution in [1.29, 1.82) is 0 Å². The highest BCUT2D eigenvalue weighted by Crippen LogP contribution is 2.26. The van der Waals surface area contributed by atoms with Gasteiger partial charge >= 0.3 is 0 Å². The van der Waals surface area contributed by atoms with E-state index in [4.69, 9.17) is 26.8 Å². The molecule has 7 nitrogen and oxygen atoms in total. The van der Waals surface area contributed by atoms with Gasteiger partial charge in [0.1, 0.15) is 12.5 Å². The lowest BCUT2D eigenvalue weighted by Crippen LogP contribution is -2.33. The van der Waals surface area contributed by atoms with Gasteiger partial charge in [-0.05, 0) is 64.5 Å². The molecule has 39 heavy (non-hydrogen) atoms. The van der Waals surface area contributed by atoms with E-state index in [2.05, 4.69) is 33.3 Å². The van der Waals surface area contributed by atoms with Crippen LogP contribution in [0.1, 0.15) is 70.8 Å². The number of aromatic nitrogens is 1. The van der Waals surface area contributed by atoms with Crippen molar-refractivity contribution in [3.63, 3.8) is 0 Å². The molecule has 1 atom stereocenters. The van der Waals surface area contributed by atoms with E-state index < -0.39 is 0 Å². The molecule has 0 spiro atoms. The third-order valence-corrected chi connectivity index (χ3v) is 7.06. The summed E-state index contributed by atoms with van der Waals surface area (Å²) in [6.45, 7) is 8.20. The van der Waals surface area contributed by atoms with Crippen molar-refractivity contribution in [1.82, 2.24) is 15.6 Å². The summed E-state index contributed by atoms with van der Waals surface area (Å²) in [5, 5.41) is 10.4. The van der Waals surface area contributed by atoms with Crippen molar-refractivity contribution < 1.29 is 13.9 Å². The Morgan fingerprint density at radius 3 is 2.36 bits per heavy atom. The molecular formula is C30H51ClFN5O2. The lowest BCUT2D eigenvalue weighted by molar-refractivity contribution is -0.0435. The van der Waals surface area contributed by atoms with Gasteiger partial charge in [0.25, 0.3) is 0 Å². The van der Waals surface area contributed by atoms with Gasteiger partial charge in [-0.3, -0.25) is 0 Å². The number of allylic oxidation sites excluding steroid dienone is 1. The maximum atomic E-state index is 11.7. The number of terminal acetylenes is 1. The fourth-order valence-electron chi connectivity index (χ4n) is 4.41. The van der Waals surface area contributed by atoms with E-state index in [1.807, 2.05) is 26.1 Å². The normalized spacial score (nSPS) is 19.4. The molecule has 0 radical (unpaired) electrons. The number of rotatable bonds is 9. The molecule has 0 bridgehead atoms. The first-order valence-electron chi connectivity index (χ1n) is 14.3. The average molecular weight is 568 g/mol. The van der Waals surface area contributed by atoms with Gasteiger partial charge in [0, 0.05) is 63.5 Å². The predicted molar refractivity (Wildman–Crippen MR) is 163 cm³/mol. The lowest BCUT2D eigenvalue weighted by Gasteiger charge is -2.24. The number of nitrogens with one attached hydrogen (secondary N) is 3. The minimum Gasteiger partial charge on any atom is -0.388 e. The van der Waals surface area contributed by atoms with Gasteiger partial charge < -0.3 is 31.2 Å². The Balaban J connectivity index is 0.000000318. The monoisotopic (exact) mass is 567 g/mol. The Morgan fingerprint density at radius 2 is 1.87 bits per heavy atom. The molecule has 2 aliphatic heterocycles. The number of alkyl halides is 1. The molecule has 3 aliphatic rings. The van der Waals surface area contributed by atoms with Gasteiger partial charge in [0.05, 0.1) is 11.1 Å². The molecule has 1 aliphatic carbocycles. The maximum absolute atomic E-state index is 11.7. The van der Waals surface area contributed by atoms with Crippen LogP contribution in [0.3, 0.4) is 0 Å². The summed E-state index contributed by atoms with van der Waals surface area (Å²) < 4.78 is 21.8. The molecule has 3 heterocycles. The number of nitrogens with two attached hydrogens (primary N) is 1. The number of hydrogen-bond acceptors (Lipinski definition) is 7. The van der Waals surface area contributed by atoms with Crippen molar-refractivity contribution in [2.24, 2.45) is 11.7 Å². The summed E-state index contributed by atoms with van der Waals surface area (Å²) in [7, 11) is 1.90. The van der Waals surface area contributed by atoms with Gasteiger partial charge in [0.15, 0.2) is 0 Å². The number of ether oxygens (including phenoxy) is 2. The van der Waals surface area contributed by atoms with Crippen LogP contribution in [0.25, 0.3) is 5.70 Å². The zero-order valence-electron chi connectivity index (χ0n) is 24.2. The first-order chi connectivity index (χ1) is 19.0. The van der Waals surface area contributed by atoms with Crippen LogP contribution in [0.2, 0.25) is 5.02 Å². The van der Waals surface area contributed by atoms with Gasteiger partial charge in [0.2, 0.25) is 0 Å². The molecular weight excluding hydrogens is 517 g/mol. The summed E-state index contributed by atoms with van der Waals surface area (Å²) in [6.07, 6.45) is 18.6. The van der Waals surface area contributed by atoms with E-state index in [-0.39, 0.29) is 6.67 Å². The van der Waals surface area contributed by atoms with Crippen LogP contribution in [0.5, 0.6) is 0 Å². The standard InChI is InChI=1S/C15H22ClN3.C8H16FNO.C4H9NO.C3H4/c1-3-14(17-2)12-9-15(18-10-13(12)16)19-11-7-5-4-6-8-11;9-3-4-10-7-8-1-5-11-6-2-8;5-3-4-1-2-6-4;1-3-2/h3,9-11,17H,4-8H2,1-2H3,(H,18,19);8,10H,1-7H2;4H,1-3,5H2;1H,2H3/b14-3-;;;. The van der Waals surface area contributed by atoms with E-state index in [1.54, 1.807) is 13.1 Å². The fourth-order valence-corrected chi connectivity index (χ4v) is 4.61. The van der Waals surface area contributed by atoms with Gasteiger partial charge in [-0.1, -0.05) is 36.9 Å². The predicted octanol–water partition coefficient (Wildman–Crippen LogP) is 5.41. The SMILES string of the molecule is C#CC.C/C=C(\NC)c1cc(NC2CCCCC2)ncc1Cl.FCCNCC1CCOCC1.NCC1CCO1. The van der Waals surface area contributed by atoms with Gasteiger partial charge in [-0.15, -0.1) is 12.3 Å². The van der Waals surface area contributed by atoms with Crippen LogP contribution < -0.4 is 21.7 Å². The molecule has 3 fully saturated rings. The molecule has 5 N–H and O–H groups in total. The Kier molecular flexibility index (Phi) is 20.6. The third kappa shape index (κ3) is 15.5. The largest absolute Gasteiger partial charge is 0.388 e. The van der Waals surface area contributed by atoms with E-state index in [9.17, 15) is 4.39 Å². The van der Waals surface area contributed by atoms with Crippen molar-refractivity contribution >= 4 is 23.1 Å². The second-order valence-electron chi connectivity index (χ2n) is 9.74. The molecule has 4 rings (SSSR count). The minimum atomic E-state index is -0.261. The fraction of sp³-hybridized carbons (Fsp3) is 0.700. The quantitative estimate of drug-likeness (QED) is 0.234. The smallest absolute Gasteiger partial charge is 0.126 e. The Hall–Kier alpha value is -1.89. The number of nitrogens with zero attached hydrogens (tertiary/aromatic N) is 1. The molecule has 2 saturated heterocycles. The Bertz CT molecular complexity index is 817. The van der Waals surface area contributed by atoms with Gasteiger partial charge in [-0.2, -0.15) is 0 Å². The highest BCUT2D eigenvalue weighted by atomic mass is 35.5. The molecule has 1 saturated carbocycles.